The minimum absolute atomic E-state index is 0.149. The molecule has 1 spiro atoms. The molecule has 4 aliphatic rings. The fourth-order valence-corrected chi connectivity index (χ4v) is 8.79. The van der Waals surface area contributed by atoms with E-state index in [1.807, 2.05) is 20.8 Å². The molecule has 2 aliphatic heterocycles. The van der Waals surface area contributed by atoms with Gasteiger partial charge in [-0.15, -0.1) is 0 Å². The zero-order valence-electron chi connectivity index (χ0n) is 25.2. The second-order valence-corrected chi connectivity index (χ2v) is 13.3. The van der Waals surface area contributed by atoms with Gasteiger partial charge in [-0.25, -0.2) is 0 Å². The molecular weight excluding hydrogens is 548 g/mol. The minimum atomic E-state index is -1.69. The third-order valence-corrected chi connectivity index (χ3v) is 10.9. The smallest absolute Gasteiger partial charge is 0.309 e. The van der Waals surface area contributed by atoms with E-state index in [1.54, 1.807) is 13.0 Å². The summed E-state index contributed by atoms with van der Waals surface area (Å²) in [5.41, 5.74) is -5.48. The fourth-order valence-electron chi connectivity index (χ4n) is 8.79. The van der Waals surface area contributed by atoms with Crippen LogP contribution in [0.15, 0.2) is 35.2 Å². The first-order chi connectivity index (χ1) is 19.5. The average molecular weight is 589 g/mol. The monoisotopic (exact) mass is 588 g/mol. The van der Waals surface area contributed by atoms with Crippen LogP contribution in [-0.2, 0) is 42.9 Å². The minimum Gasteiger partial charge on any atom is -0.472 e. The second-order valence-electron chi connectivity index (χ2n) is 13.3. The summed E-state index contributed by atoms with van der Waals surface area (Å²) in [6, 6.07) is 1.71. The van der Waals surface area contributed by atoms with Crippen LogP contribution in [0.4, 0.5) is 0 Å². The normalized spacial score (nSPS) is 42.0. The van der Waals surface area contributed by atoms with Crippen molar-refractivity contribution in [1.29, 1.82) is 0 Å². The summed E-state index contributed by atoms with van der Waals surface area (Å²) < 4.78 is 35.1. The van der Waals surface area contributed by atoms with Crippen molar-refractivity contribution in [1.82, 2.24) is 0 Å². The van der Waals surface area contributed by atoms with Crippen LogP contribution in [0, 0.1) is 22.2 Å². The molecule has 2 aliphatic carbocycles. The topological polar surface area (TPSA) is 148 Å². The van der Waals surface area contributed by atoms with Crippen LogP contribution >= 0.6 is 0 Å². The molecule has 5 rings (SSSR count). The predicted molar refractivity (Wildman–Crippen MR) is 144 cm³/mol. The maximum absolute atomic E-state index is 13.3. The fraction of sp³-hybridized carbons (Fsp3) is 0.677. The van der Waals surface area contributed by atoms with Crippen LogP contribution in [0.3, 0.4) is 0 Å². The van der Waals surface area contributed by atoms with Crippen molar-refractivity contribution in [3.63, 3.8) is 0 Å². The Bertz CT molecular complexity index is 1320. The SMILES string of the molecule is C=C1[C@@]2(O)CC[C@]3(C)[C@@H](c4ccoc4)OC(=O)C[C@@]13O[C@H]1[C@H](OC(C)=O)[C@@H](OC(C)=O)C(C)(C)[C@@H](CC(=O)OC)[C@@]12C. The van der Waals surface area contributed by atoms with Crippen LogP contribution in [0.5, 0.6) is 0 Å². The highest BCUT2D eigenvalue weighted by molar-refractivity contribution is 5.75. The van der Waals surface area contributed by atoms with Crippen molar-refractivity contribution in [2.75, 3.05) is 7.11 Å². The number of carbonyl (C=O) groups is 4. The number of methoxy groups -OCH3 is 1. The number of aliphatic hydroxyl groups is 1. The van der Waals surface area contributed by atoms with Gasteiger partial charge in [-0.2, -0.15) is 0 Å². The van der Waals surface area contributed by atoms with E-state index in [-0.39, 0.29) is 19.3 Å². The summed E-state index contributed by atoms with van der Waals surface area (Å²) >= 11 is 0. The van der Waals surface area contributed by atoms with E-state index in [4.69, 9.17) is 28.1 Å². The summed E-state index contributed by atoms with van der Waals surface area (Å²) in [6.45, 7) is 14.2. The first-order valence-corrected chi connectivity index (χ1v) is 14.2. The predicted octanol–water partition coefficient (Wildman–Crippen LogP) is 3.58. The number of fused-ring (bicyclic) bond motifs is 3. The second kappa shape index (κ2) is 9.67. The molecule has 0 unspecified atom stereocenters. The van der Waals surface area contributed by atoms with Crippen molar-refractivity contribution in [2.45, 2.75) is 103 Å². The van der Waals surface area contributed by atoms with Gasteiger partial charge in [-0.1, -0.05) is 34.3 Å². The first-order valence-electron chi connectivity index (χ1n) is 14.2. The summed E-state index contributed by atoms with van der Waals surface area (Å²) in [7, 11) is 1.28. The summed E-state index contributed by atoms with van der Waals surface area (Å²) in [6.07, 6.45) is -1.02. The molecule has 4 fully saturated rings. The molecule has 0 aromatic carbocycles. The Morgan fingerprint density at radius 1 is 1.10 bits per heavy atom. The molecule has 1 N–H and O–H groups in total. The average Bonchev–Trinajstić information content (AvgIpc) is 3.44. The Kier molecular flexibility index (Phi) is 6.97. The molecule has 3 heterocycles. The summed E-state index contributed by atoms with van der Waals surface area (Å²) in [5.74, 6) is -3.06. The van der Waals surface area contributed by atoms with E-state index in [0.717, 1.165) is 0 Å². The lowest BCUT2D eigenvalue weighted by atomic mass is 9.39. The van der Waals surface area contributed by atoms with E-state index in [0.29, 0.717) is 17.6 Å². The highest BCUT2D eigenvalue weighted by Crippen LogP contribution is 2.73. The Labute approximate surface area is 244 Å². The molecule has 1 aromatic heterocycles. The van der Waals surface area contributed by atoms with Gasteiger partial charge in [0, 0.05) is 42.1 Å². The number of carbonyl (C=O) groups excluding carboxylic acids is 4. The van der Waals surface area contributed by atoms with Crippen molar-refractivity contribution in [3.05, 3.63) is 36.3 Å². The lowest BCUT2D eigenvalue weighted by Crippen LogP contribution is -2.82. The third-order valence-electron chi connectivity index (χ3n) is 10.9. The highest BCUT2D eigenvalue weighted by Gasteiger charge is 2.80. The van der Waals surface area contributed by atoms with Crippen LogP contribution in [-0.4, -0.2) is 65.6 Å². The molecule has 230 valence electrons. The Morgan fingerprint density at radius 2 is 1.76 bits per heavy atom. The number of ether oxygens (including phenoxy) is 5. The lowest BCUT2D eigenvalue weighted by molar-refractivity contribution is -0.367. The van der Waals surface area contributed by atoms with Crippen LogP contribution in [0.25, 0.3) is 0 Å². The third kappa shape index (κ3) is 3.85. The maximum atomic E-state index is 13.3. The molecule has 2 saturated heterocycles. The van der Waals surface area contributed by atoms with Crippen LogP contribution in [0.1, 0.15) is 78.9 Å². The van der Waals surface area contributed by atoms with E-state index < -0.39 is 81.7 Å². The maximum Gasteiger partial charge on any atom is 0.309 e. The standard InChI is InChI=1S/C31H40O11/c1-16-30(36)11-10-28(6)24(19-9-12-38-15-19)41-22(35)14-31(16,28)42-26-23(39-17(2)32)25(40-18(3)33)27(4,5)20(29(26,30)7)13-21(34)37-8/h9,12,15,20,23-26,36H,1,10-11,13-14H2,2-8H3/t20-,23-,24-,25-,26+,28-,29+,30+,31-/m1/s1. The van der Waals surface area contributed by atoms with Gasteiger partial charge in [0.25, 0.3) is 0 Å². The molecule has 0 amide bonds. The van der Waals surface area contributed by atoms with Crippen LogP contribution in [0.2, 0.25) is 0 Å². The molecule has 1 aromatic rings. The number of cyclic esters (lactones) is 1. The van der Waals surface area contributed by atoms with E-state index in [2.05, 4.69) is 6.58 Å². The molecule has 11 heteroatoms. The molecular formula is C31H40O11. The number of hydrogen-bond acceptors (Lipinski definition) is 11. The van der Waals surface area contributed by atoms with Gasteiger partial charge in [-0.05, 0) is 30.4 Å². The molecule has 2 saturated carbocycles. The molecule has 0 radical (unpaired) electrons. The van der Waals surface area contributed by atoms with Gasteiger partial charge < -0.3 is 33.2 Å². The van der Waals surface area contributed by atoms with Crippen molar-refractivity contribution >= 4 is 23.9 Å². The van der Waals surface area contributed by atoms with E-state index >= 15 is 0 Å². The Balaban J connectivity index is 1.77. The van der Waals surface area contributed by atoms with E-state index in [9.17, 15) is 24.3 Å². The van der Waals surface area contributed by atoms with E-state index in [1.165, 1.54) is 33.5 Å². The summed E-state index contributed by atoms with van der Waals surface area (Å²) in [5, 5.41) is 12.9. The number of esters is 4. The first kappa shape index (κ1) is 30.3. The highest BCUT2D eigenvalue weighted by atomic mass is 16.6. The van der Waals surface area contributed by atoms with Gasteiger partial charge in [0.2, 0.25) is 0 Å². The van der Waals surface area contributed by atoms with Crippen molar-refractivity contribution < 1.29 is 52.4 Å². The zero-order valence-corrected chi connectivity index (χ0v) is 25.2. The van der Waals surface area contributed by atoms with Crippen molar-refractivity contribution in [2.24, 2.45) is 22.2 Å². The summed E-state index contributed by atoms with van der Waals surface area (Å²) in [4.78, 5) is 51.2. The van der Waals surface area contributed by atoms with Gasteiger partial charge in [0.05, 0.1) is 31.7 Å². The van der Waals surface area contributed by atoms with Gasteiger partial charge >= 0.3 is 23.9 Å². The Hall–Kier alpha value is -3.18. The van der Waals surface area contributed by atoms with Gasteiger partial charge in [0.1, 0.15) is 23.9 Å². The number of furan rings is 1. The van der Waals surface area contributed by atoms with Crippen molar-refractivity contribution in [3.8, 4) is 0 Å². The molecule has 9 atom stereocenters. The number of rotatable bonds is 5. The Morgan fingerprint density at radius 3 is 2.33 bits per heavy atom. The molecule has 42 heavy (non-hydrogen) atoms. The lowest BCUT2D eigenvalue weighted by Gasteiger charge is -2.74. The number of hydrogen-bond donors (Lipinski definition) is 1. The molecule has 2 bridgehead atoms. The van der Waals surface area contributed by atoms with Gasteiger partial charge in [0.15, 0.2) is 6.10 Å². The largest absolute Gasteiger partial charge is 0.472 e. The van der Waals surface area contributed by atoms with Crippen LogP contribution < -0.4 is 0 Å². The quantitative estimate of drug-likeness (QED) is 0.306. The molecule has 11 nitrogen and oxygen atoms in total. The zero-order chi connectivity index (χ0) is 31.0. The van der Waals surface area contributed by atoms with Gasteiger partial charge in [-0.3, -0.25) is 19.2 Å².